The first kappa shape index (κ1) is 13.3. The summed E-state index contributed by atoms with van der Waals surface area (Å²) in [5.41, 5.74) is -1.02. The molecule has 0 aliphatic carbocycles. The molecule has 0 aliphatic rings. The Kier molecular flexibility index (Phi) is 4.30. The minimum absolute atomic E-state index is 0.135. The second-order valence-corrected chi connectivity index (χ2v) is 2.95. The highest BCUT2D eigenvalue weighted by atomic mass is 19.4. The zero-order chi connectivity index (χ0) is 12.9. The van der Waals surface area contributed by atoms with E-state index < -0.39 is 30.2 Å². The number of esters is 1. The Morgan fingerprint density at radius 2 is 2.18 bits per heavy atom. The number of aromatic nitrogens is 1. The number of carbonyl (C=O) groups is 1. The first-order valence-corrected chi connectivity index (χ1v) is 4.75. The van der Waals surface area contributed by atoms with Gasteiger partial charge in [-0.1, -0.05) is 0 Å². The van der Waals surface area contributed by atoms with Gasteiger partial charge in [-0.05, 0) is 19.1 Å². The lowest BCUT2D eigenvalue weighted by Gasteiger charge is -2.11. The van der Waals surface area contributed by atoms with Gasteiger partial charge in [-0.25, -0.2) is 9.78 Å². The molecule has 0 N–H and O–H groups in total. The summed E-state index contributed by atoms with van der Waals surface area (Å²) in [6.07, 6.45) is -3.42. The quantitative estimate of drug-likeness (QED) is 0.766. The van der Waals surface area contributed by atoms with E-state index in [9.17, 15) is 18.0 Å². The first-order chi connectivity index (χ1) is 7.95. The number of halogens is 3. The summed E-state index contributed by atoms with van der Waals surface area (Å²) >= 11 is 0. The summed E-state index contributed by atoms with van der Waals surface area (Å²) in [6.45, 7) is 1.12. The molecule has 0 saturated carbocycles. The highest BCUT2D eigenvalue weighted by Crippen LogP contribution is 2.34. The SMILES string of the molecule is CCOC(=O)COc1ncccc1C(F)(F)F. The first-order valence-electron chi connectivity index (χ1n) is 4.75. The Morgan fingerprint density at radius 1 is 1.47 bits per heavy atom. The molecule has 0 spiro atoms. The van der Waals surface area contributed by atoms with Gasteiger partial charge in [0.25, 0.3) is 0 Å². The van der Waals surface area contributed by atoms with Crippen LogP contribution in [0.5, 0.6) is 5.88 Å². The lowest BCUT2D eigenvalue weighted by atomic mass is 10.2. The summed E-state index contributed by atoms with van der Waals surface area (Å²) in [6, 6.07) is 1.97. The van der Waals surface area contributed by atoms with Gasteiger partial charge in [0.1, 0.15) is 5.56 Å². The summed E-state index contributed by atoms with van der Waals surface area (Å²) < 4.78 is 46.6. The number of rotatable bonds is 4. The number of nitrogens with zero attached hydrogens (tertiary/aromatic N) is 1. The molecule has 0 radical (unpaired) electrons. The molecule has 1 rings (SSSR count). The zero-order valence-corrected chi connectivity index (χ0v) is 8.95. The third-order valence-corrected chi connectivity index (χ3v) is 1.71. The van der Waals surface area contributed by atoms with E-state index >= 15 is 0 Å². The molecule has 0 aromatic carbocycles. The van der Waals surface area contributed by atoms with Crippen molar-refractivity contribution >= 4 is 5.97 Å². The van der Waals surface area contributed by atoms with E-state index in [0.717, 1.165) is 18.3 Å². The maximum Gasteiger partial charge on any atom is 0.421 e. The van der Waals surface area contributed by atoms with Crippen LogP contribution in [0.2, 0.25) is 0 Å². The Balaban J connectivity index is 2.74. The molecule has 0 bridgehead atoms. The van der Waals surface area contributed by atoms with Gasteiger partial charge in [-0.15, -0.1) is 0 Å². The standard InChI is InChI=1S/C10H10F3NO3/c1-2-16-8(15)6-17-9-7(10(11,12)13)4-3-5-14-9/h3-5H,2,6H2,1H3. The number of ether oxygens (including phenoxy) is 2. The molecule has 0 unspecified atom stereocenters. The number of carbonyl (C=O) groups excluding carboxylic acids is 1. The molecular weight excluding hydrogens is 239 g/mol. The highest BCUT2D eigenvalue weighted by molar-refractivity contribution is 5.71. The lowest BCUT2D eigenvalue weighted by molar-refractivity contribution is -0.147. The minimum atomic E-state index is -4.57. The normalized spacial score (nSPS) is 11.1. The molecule has 0 amide bonds. The van der Waals surface area contributed by atoms with Gasteiger partial charge in [-0.3, -0.25) is 0 Å². The summed E-state index contributed by atoms with van der Waals surface area (Å²) in [4.78, 5) is 14.3. The van der Waals surface area contributed by atoms with Gasteiger partial charge in [-0.2, -0.15) is 13.2 Å². The fourth-order valence-electron chi connectivity index (χ4n) is 1.05. The predicted octanol–water partition coefficient (Wildman–Crippen LogP) is 2.04. The Labute approximate surface area is 95.4 Å². The van der Waals surface area contributed by atoms with Crippen molar-refractivity contribution in [2.45, 2.75) is 13.1 Å². The number of hydrogen-bond donors (Lipinski definition) is 0. The fraction of sp³-hybridized carbons (Fsp3) is 0.400. The fourth-order valence-corrected chi connectivity index (χ4v) is 1.05. The number of alkyl halides is 3. The Hall–Kier alpha value is -1.79. The van der Waals surface area contributed by atoms with E-state index in [-0.39, 0.29) is 6.61 Å². The van der Waals surface area contributed by atoms with Crippen LogP contribution in [0, 0.1) is 0 Å². The van der Waals surface area contributed by atoms with Gasteiger partial charge in [0.15, 0.2) is 6.61 Å². The van der Waals surface area contributed by atoms with Crippen LogP contribution in [0.1, 0.15) is 12.5 Å². The largest absolute Gasteiger partial charge is 0.465 e. The molecule has 1 aromatic heterocycles. The second kappa shape index (κ2) is 5.51. The van der Waals surface area contributed by atoms with Crippen molar-refractivity contribution in [3.8, 4) is 5.88 Å². The second-order valence-electron chi connectivity index (χ2n) is 2.95. The third-order valence-electron chi connectivity index (χ3n) is 1.71. The molecule has 7 heteroatoms. The molecule has 4 nitrogen and oxygen atoms in total. The van der Waals surface area contributed by atoms with E-state index in [0.29, 0.717) is 0 Å². The van der Waals surface area contributed by atoms with Crippen LogP contribution in [-0.2, 0) is 15.7 Å². The number of pyridine rings is 1. The average molecular weight is 249 g/mol. The average Bonchev–Trinajstić information content (AvgIpc) is 2.26. The molecule has 17 heavy (non-hydrogen) atoms. The van der Waals surface area contributed by atoms with Crippen molar-refractivity contribution < 1.29 is 27.4 Å². The van der Waals surface area contributed by atoms with Crippen LogP contribution in [0.4, 0.5) is 13.2 Å². The van der Waals surface area contributed by atoms with Gasteiger partial charge >= 0.3 is 12.1 Å². The van der Waals surface area contributed by atoms with Crippen LogP contribution < -0.4 is 4.74 Å². The van der Waals surface area contributed by atoms with Crippen molar-refractivity contribution in [1.29, 1.82) is 0 Å². The molecule has 0 atom stereocenters. The van der Waals surface area contributed by atoms with Gasteiger partial charge in [0.05, 0.1) is 6.61 Å². The smallest absolute Gasteiger partial charge is 0.421 e. The molecule has 1 heterocycles. The van der Waals surface area contributed by atoms with Crippen LogP contribution in [0.15, 0.2) is 18.3 Å². The maximum atomic E-state index is 12.5. The van der Waals surface area contributed by atoms with Gasteiger partial charge in [0, 0.05) is 6.20 Å². The molecule has 1 aromatic rings. The van der Waals surface area contributed by atoms with Crippen molar-refractivity contribution in [2.24, 2.45) is 0 Å². The van der Waals surface area contributed by atoms with Crippen LogP contribution in [0.3, 0.4) is 0 Å². The van der Waals surface area contributed by atoms with Gasteiger partial charge in [0.2, 0.25) is 5.88 Å². The number of hydrogen-bond acceptors (Lipinski definition) is 4. The molecule has 94 valence electrons. The van der Waals surface area contributed by atoms with Crippen LogP contribution in [0.25, 0.3) is 0 Å². The third kappa shape index (κ3) is 3.93. The monoisotopic (exact) mass is 249 g/mol. The summed E-state index contributed by atoms with van der Waals surface area (Å²) in [5, 5.41) is 0. The topological polar surface area (TPSA) is 48.4 Å². The zero-order valence-electron chi connectivity index (χ0n) is 8.95. The highest BCUT2D eigenvalue weighted by Gasteiger charge is 2.35. The van der Waals surface area contributed by atoms with Crippen LogP contribution in [-0.4, -0.2) is 24.2 Å². The molecule has 0 saturated heterocycles. The van der Waals surface area contributed by atoms with E-state index in [1.54, 1.807) is 6.92 Å². The van der Waals surface area contributed by atoms with E-state index in [2.05, 4.69) is 14.5 Å². The summed E-state index contributed by atoms with van der Waals surface area (Å²) in [5.74, 6) is -1.38. The van der Waals surface area contributed by atoms with Crippen LogP contribution >= 0.6 is 0 Å². The minimum Gasteiger partial charge on any atom is -0.465 e. The van der Waals surface area contributed by atoms with Crippen molar-refractivity contribution in [3.63, 3.8) is 0 Å². The molecule has 0 fully saturated rings. The molecule has 0 aliphatic heterocycles. The Morgan fingerprint density at radius 3 is 2.76 bits per heavy atom. The van der Waals surface area contributed by atoms with Crippen molar-refractivity contribution in [3.05, 3.63) is 23.9 Å². The van der Waals surface area contributed by atoms with E-state index in [1.807, 2.05) is 0 Å². The van der Waals surface area contributed by atoms with E-state index in [1.165, 1.54) is 0 Å². The summed E-state index contributed by atoms with van der Waals surface area (Å²) in [7, 11) is 0. The van der Waals surface area contributed by atoms with Crippen molar-refractivity contribution in [2.75, 3.05) is 13.2 Å². The van der Waals surface area contributed by atoms with E-state index in [4.69, 9.17) is 0 Å². The lowest BCUT2D eigenvalue weighted by Crippen LogP contribution is -2.17. The predicted molar refractivity (Wildman–Crippen MR) is 51.4 cm³/mol. The van der Waals surface area contributed by atoms with Crippen molar-refractivity contribution in [1.82, 2.24) is 4.98 Å². The Bertz CT molecular complexity index is 393. The maximum absolute atomic E-state index is 12.5. The van der Waals surface area contributed by atoms with Gasteiger partial charge < -0.3 is 9.47 Å². The molecular formula is C10H10F3NO3.